The SMILES string of the molecule is CNS(=O)(=O)c1ccc(C)c(C(=O)Nc2ccc(Oc3ncccn3)cc2C)c1. The molecule has 0 fully saturated rings. The van der Waals surface area contributed by atoms with Crippen LogP contribution in [-0.4, -0.2) is 31.3 Å². The predicted octanol–water partition coefficient (Wildman–Crippen LogP) is 3.05. The van der Waals surface area contributed by atoms with Crippen molar-refractivity contribution >= 4 is 21.6 Å². The van der Waals surface area contributed by atoms with E-state index >= 15 is 0 Å². The summed E-state index contributed by atoms with van der Waals surface area (Å²) in [6, 6.07) is 11.5. The summed E-state index contributed by atoms with van der Waals surface area (Å²) in [6.45, 7) is 3.57. The molecular formula is C20H20N4O4S. The van der Waals surface area contributed by atoms with Crippen molar-refractivity contribution in [3.63, 3.8) is 0 Å². The fourth-order valence-electron chi connectivity index (χ4n) is 2.60. The Hall–Kier alpha value is -3.30. The standard InChI is InChI=1S/C20H20N4O4S/c1-13-5-7-16(29(26,27)21-3)12-17(13)19(25)24-18-8-6-15(11-14(18)2)28-20-22-9-4-10-23-20/h4-12,21H,1-3H3,(H,24,25). The number of sulfonamides is 1. The Bertz CT molecular complexity index is 1150. The molecule has 1 amide bonds. The van der Waals surface area contributed by atoms with E-state index in [-0.39, 0.29) is 16.5 Å². The molecule has 150 valence electrons. The molecule has 8 nitrogen and oxygen atoms in total. The molecule has 0 aliphatic carbocycles. The van der Waals surface area contributed by atoms with Crippen LogP contribution in [0, 0.1) is 13.8 Å². The molecule has 0 radical (unpaired) electrons. The van der Waals surface area contributed by atoms with Crippen LogP contribution in [0.2, 0.25) is 0 Å². The summed E-state index contributed by atoms with van der Waals surface area (Å²) in [5.74, 6) is 0.129. The van der Waals surface area contributed by atoms with E-state index in [1.54, 1.807) is 49.6 Å². The van der Waals surface area contributed by atoms with Gasteiger partial charge in [0.1, 0.15) is 5.75 Å². The Kier molecular flexibility index (Phi) is 5.90. The molecule has 0 aliphatic rings. The van der Waals surface area contributed by atoms with E-state index in [9.17, 15) is 13.2 Å². The lowest BCUT2D eigenvalue weighted by atomic mass is 10.1. The molecule has 3 aromatic rings. The molecule has 1 heterocycles. The van der Waals surface area contributed by atoms with Gasteiger partial charge in [-0.1, -0.05) is 6.07 Å². The third-order valence-corrected chi connectivity index (χ3v) is 5.64. The third kappa shape index (κ3) is 4.76. The maximum absolute atomic E-state index is 12.8. The van der Waals surface area contributed by atoms with Crippen molar-refractivity contribution in [2.45, 2.75) is 18.7 Å². The van der Waals surface area contributed by atoms with Crippen LogP contribution in [0.1, 0.15) is 21.5 Å². The van der Waals surface area contributed by atoms with Crippen molar-refractivity contribution in [1.29, 1.82) is 0 Å². The summed E-state index contributed by atoms with van der Waals surface area (Å²) in [4.78, 5) is 20.8. The average molecular weight is 412 g/mol. The summed E-state index contributed by atoms with van der Waals surface area (Å²) in [5, 5.41) is 2.81. The minimum absolute atomic E-state index is 0.0269. The minimum atomic E-state index is -3.65. The van der Waals surface area contributed by atoms with Crippen molar-refractivity contribution in [2.75, 3.05) is 12.4 Å². The van der Waals surface area contributed by atoms with Gasteiger partial charge in [0.25, 0.3) is 5.91 Å². The summed E-state index contributed by atoms with van der Waals surface area (Å²) in [6.07, 6.45) is 3.16. The third-order valence-electron chi connectivity index (χ3n) is 4.23. The first-order valence-electron chi connectivity index (χ1n) is 8.71. The summed E-state index contributed by atoms with van der Waals surface area (Å²) in [7, 11) is -2.32. The average Bonchev–Trinajstić information content (AvgIpc) is 2.71. The van der Waals surface area contributed by atoms with E-state index < -0.39 is 15.9 Å². The van der Waals surface area contributed by atoms with Crippen LogP contribution in [0.15, 0.2) is 59.8 Å². The van der Waals surface area contributed by atoms with E-state index in [0.717, 1.165) is 5.56 Å². The first kappa shape index (κ1) is 20.4. The number of carbonyl (C=O) groups is 1. The molecule has 29 heavy (non-hydrogen) atoms. The second kappa shape index (κ2) is 8.38. The number of nitrogens with zero attached hydrogens (tertiary/aromatic N) is 2. The number of aryl methyl sites for hydroxylation is 2. The van der Waals surface area contributed by atoms with Crippen molar-refractivity contribution in [2.24, 2.45) is 0 Å². The topological polar surface area (TPSA) is 110 Å². The quantitative estimate of drug-likeness (QED) is 0.644. The highest BCUT2D eigenvalue weighted by atomic mass is 32.2. The van der Waals surface area contributed by atoms with Crippen molar-refractivity contribution in [3.05, 3.63) is 71.5 Å². The normalized spacial score (nSPS) is 11.1. The maximum atomic E-state index is 12.8. The van der Waals surface area contributed by atoms with E-state index in [4.69, 9.17) is 4.74 Å². The number of ether oxygens (including phenoxy) is 1. The van der Waals surface area contributed by atoms with Crippen LogP contribution in [0.25, 0.3) is 0 Å². The van der Waals surface area contributed by atoms with E-state index in [1.165, 1.54) is 19.2 Å². The Morgan fingerprint density at radius 2 is 1.72 bits per heavy atom. The molecular weight excluding hydrogens is 392 g/mol. The number of aromatic nitrogens is 2. The fourth-order valence-corrected chi connectivity index (χ4v) is 3.36. The second-order valence-corrected chi connectivity index (χ2v) is 8.14. The lowest BCUT2D eigenvalue weighted by Crippen LogP contribution is -2.20. The molecule has 0 atom stereocenters. The zero-order chi connectivity index (χ0) is 21.0. The number of nitrogens with one attached hydrogen (secondary N) is 2. The van der Waals surface area contributed by atoms with Gasteiger partial charge >= 0.3 is 6.01 Å². The number of rotatable bonds is 6. The minimum Gasteiger partial charge on any atom is -0.424 e. The van der Waals surface area contributed by atoms with Crippen LogP contribution in [-0.2, 0) is 10.0 Å². The second-order valence-electron chi connectivity index (χ2n) is 6.25. The van der Waals surface area contributed by atoms with Gasteiger partial charge in [-0.3, -0.25) is 4.79 Å². The summed E-state index contributed by atoms with van der Waals surface area (Å²) >= 11 is 0. The van der Waals surface area contributed by atoms with Gasteiger partial charge in [-0.2, -0.15) is 0 Å². The van der Waals surface area contributed by atoms with Gasteiger partial charge in [-0.25, -0.2) is 23.1 Å². The maximum Gasteiger partial charge on any atom is 0.321 e. The van der Waals surface area contributed by atoms with E-state index in [0.29, 0.717) is 17.0 Å². The highest BCUT2D eigenvalue weighted by Gasteiger charge is 2.17. The molecule has 0 aliphatic heterocycles. The Morgan fingerprint density at radius 3 is 2.38 bits per heavy atom. The van der Waals surface area contributed by atoms with Gasteiger partial charge in [0.15, 0.2) is 0 Å². The lowest BCUT2D eigenvalue weighted by molar-refractivity contribution is 0.102. The molecule has 2 aromatic carbocycles. The van der Waals surface area contributed by atoms with Crippen LogP contribution >= 0.6 is 0 Å². The van der Waals surface area contributed by atoms with Crippen LogP contribution < -0.4 is 14.8 Å². The molecule has 2 N–H and O–H groups in total. The summed E-state index contributed by atoms with van der Waals surface area (Å²) in [5.41, 5.74) is 2.29. The van der Waals surface area contributed by atoms with Crippen molar-refractivity contribution in [3.8, 4) is 11.8 Å². The molecule has 1 aromatic heterocycles. The van der Waals surface area contributed by atoms with Crippen LogP contribution in [0.4, 0.5) is 5.69 Å². The molecule has 0 spiro atoms. The van der Waals surface area contributed by atoms with Crippen molar-refractivity contribution in [1.82, 2.24) is 14.7 Å². The van der Waals surface area contributed by atoms with Crippen LogP contribution in [0.3, 0.4) is 0 Å². The number of anilines is 1. The molecule has 9 heteroatoms. The van der Waals surface area contributed by atoms with Gasteiger partial charge in [0.05, 0.1) is 4.90 Å². The number of hydrogen-bond acceptors (Lipinski definition) is 6. The van der Waals surface area contributed by atoms with Gasteiger partial charge in [-0.15, -0.1) is 0 Å². The number of benzene rings is 2. The number of carbonyl (C=O) groups excluding carboxylic acids is 1. The van der Waals surface area contributed by atoms with Crippen molar-refractivity contribution < 1.29 is 17.9 Å². The Balaban J connectivity index is 1.81. The zero-order valence-electron chi connectivity index (χ0n) is 16.1. The highest BCUT2D eigenvalue weighted by Crippen LogP contribution is 2.25. The highest BCUT2D eigenvalue weighted by molar-refractivity contribution is 7.89. The van der Waals surface area contributed by atoms with Gasteiger partial charge < -0.3 is 10.1 Å². The zero-order valence-corrected chi connectivity index (χ0v) is 16.9. The summed E-state index contributed by atoms with van der Waals surface area (Å²) < 4.78 is 31.9. The first-order chi connectivity index (χ1) is 13.8. The number of amides is 1. The molecule has 0 saturated heterocycles. The van der Waals surface area contributed by atoms with Crippen LogP contribution in [0.5, 0.6) is 11.8 Å². The Morgan fingerprint density at radius 1 is 1.00 bits per heavy atom. The predicted molar refractivity (Wildman–Crippen MR) is 109 cm³/mol. The molecule has 3 rings (SSSR count). The largest absolute Gasteiger partial charge is 0.424 e. The first-order valence-corrected chi connectivity index (χ1v) is 10.2. The number of hydrogen-bond donors (Lipinski definition) is 2. The van der Waals surface area contributed by atoms with E-state index in [1.807, 2.05) is 6.92 Å². The van der Waals surface area contributed by atoms with Gasteiger partial charge in [0, 0.05) is 23.6 Å². The molecule has 0 unspecified atom stereocenters. The van der Waals surface area contributed by atoms with E-state index in [2.05, 4.69) is 20.0 Å². The fraction of sp³-hybridized carbons (Fsp3) is 0.150. The van der Waals surface area contributed by atoms with Gasteiger partial charge in [-0.05, 0) is 68.4 Å². The lowest BCUT2D eigenvalue weighted by Gasteiger charge is -2.13. The van der Waals surface area contributed by atoms with Gasteiger partial charge in [0.2, 0.25) is 10.0 Å². The Labute approximate surface area is 169 Å². The smallest absolute Gasteiger partial charge is 0.321 e. The monoisotopic (exact) mass is 412 g/mol. The molecule has 0 bridgehead atoms. The molecule has 0 saturated carbocycles.